The maximum absolute atomic E-state index is 10.9. The van der Waals surface area contributed by atoms with Gasteiger partial charge in [-0.15, -0.1) is 0 Å². The maximum Gasteiger partial charge on any atom is 0.335 e. The SMILES string of the molecule is CCOC(=O)C1CC(=O)CO1. The Morgan fingerprint density at radius 3 is 3.00 bits per heavy atom. The molecule has 0 aromatic carbocycles. The molecule has 1 aliphatic rings. The number of carbonyl (C=O) groups is 2. The molecule has 0 bridgehead atoms. The molecule has 11 heavy (non-hydrogen) atoms. The number of ether oxygens (including phenoxy) is 2. The van der Waals surface area contributed by atoms with E-state index in [0.29, 0.717) is 6.61 Å². The van der Waals surface area contributed by atoms with Crippen LogP contribution in [0.25, 0.3) is 0 Å². The molecule has 1 heterocycles. The summed E-state index contributed by atoms with van der Waals surface area (Å²) >= 11 is 0. The van der Waals surface area contributed by atoms with Gasteiger partial charge in [0.1, 0.15) is 6.61 Å². The van der Waals surface area contributed by atoms with Crippen molar-refractivity contribution < 1.29 is 19.1 Å². The van der Waals surface area contributed by atoms with E-state index in [9.17, 15) is 9.59 Å². The summed E-state index contributed by atoms with van der Waals surface area (Å²) in [7, 11) is 0. The number of hydrogen-bond donors (Lipinski definition) is 0. The van der Waals surface area contributed by atoms with Gasteiger partial charge in [0.2, 0.25) is 0 Å². The second-order valence-electron chi connectivity index (χ2n) is 2.29. The molecule has 0 saturated carbocycles. The summed E-state index contributed by atoms with van der Waals surface area (Å²) < 4.78 is 9.51. The number of Topliss-reactive ketones (excluding diaryl/α,β-unsaturated/α-hetero) is 1. The minimum atomic E-state index is -0.651. The fourth-order valence-corrected chi connectivity index (χ4v) is 0.905. The molecule has 62 valence electrons. The van der Waals surface area contributed by atoms with E-state index in [4.69, 9.17) is 4.74 Å². The Kier molecular flexibility index (Phi) is 2.59. The summed E-state index contributed by atoms with van der Waals surface area (Å²) in [4.78, 5) is 21.5. The largest absolute Gasteiger partial charge is 0.464 e. The van der Waals surface area contributed by atoms with Gasteiger partial charge in [0.15, 0.2) is 11.9 Å². The highest BCUT2D eigenvalue weighted by Gasteiger charge is 2.30. The van der Waals surface area contributed by atoms with Gasteiger partial charge in [-0.3, -0.25) is 4.79 Å². The van der Waals surface area contributed by atoms with E-state index in [2.05, 4.69) is 4.74 Å². The quantitative estimate of drug-likeness (QED) is 0.527. The van der Waals surface area contributed by atoms with Crippen LogP contribution in [-0.2, 0) is 19.1 Å². The number of carbonyl (C=O) groups excluding carboxylic acids is 2. The molecular formula is C7H10O4. The predicted octanol–water partition coefficient (Wildman–Crippen LogP) is -0.0925. The Bertz CT molecular complexity index is 175. The minimum Gasteiger partial charge on any atom is -0.464 e. The zero-order valence-corrected chi connectivity index (χ0v) is 6.33. The monoisotopic (exact) mass is 158 g/mol. The highest BCUT2D eigenvalue weighted by Crippen LogP contribution is 2.10. The molecule has 4 heteroatoms. The van der Waals surface area contributed by atoms with Crippen molar-refractivity contribution in [2.24, 2.45) is 0 Å². The van der Waals surface area contributed by atoms with Crippen molar-refractivity contribution in [1.29, 1.82) is 0 Å². The number of rotatable bonds is 2. The third-order valence-corrected chi connectivity index (χ3v) is 1.41. The van der Waals surface area contributed by atoms with E-state index in [0.717, 1.165) is 0 Å². The lowest BCUT2D eigenvalue weighted by atomic mass is 10.2. The third kappa shape index (κ3) is 2.01. The Morgan fingerprint density at radius 2 is 2.55 bits per heavy atom. The van der Waals surface area contributed by atoms with Crippen LogP contribution in [0.4, 0.5) is 0 Å². The van der Waals surface area contributed by atoms with Crippen molar-refractivity contribution in [3.05, 3.63) is 0 Å². The molecule has 0 amide bonds. The Hall–Kier alpha value is -0.900. The Labute approximate surface area is 64.5 Å². The van der Waals surface area contributed by atoms with Gasteiger partial charge in [0, 0.05) is 6.42 Å². The van der Waals surface area contributed by atoms with Crippen LogP contribution in [-0.4, -0.2) is 31.1 Å². The van der Waals surface area contributed by atoms with Gasteiger partial charge in [-0.2, -0.15) is 0 Å². The van der Waals surface area contributed by atoms with Crippen LogP contribution in [0.2, 0.25) is 0 Å². The Morgan fingerprint density at radius 1 is 1.82 bits per heavy atom. The summed E-state index contributed by atoms with van der Waals surface area (Å²) in [5, 5.41) is 0. The van der Waals surface area contributed by atoms with Gasteiger partial charge >= 0.3 is 5.97 Å². The van der Waals surface area contributed by atoms with Crippen LogP contribution >= 0.6 is 0 Å². The van der Waals surface area contributed by atoms with Crippen LogP contribution in [0.1, 0.15) is 13.3 Å². The van der Waals surface area contributed by atoms with Crippen molar-refractivity contribution in [3.8, 4) is 0 Å². The van der Waals surface area contributed by atoms with Crippen molar-refractivity contribution in [2.75, 3.05) is 13.2 Å². The predicted molar refractivity (Wildman–Crippen MR) is 36.0 cm³/mol. The van der Waals surface area contributed by atoms with E-state index in [1.807, 2.05) is 0 Å². The standard InChI is InChI=1S/C7H10O4/c1-2-10-7(9)6-3-5(8)4-11-6/h6H,2-4H2,1H3. The van der Waals surface area contributed by atoms with E-state index in [1.54, 1.807) is 6.92 Å². The second kappa shape index (κ2) is 3.48. The Balaban J connectivity index is 2.37. The van der Waals surface area contributed by atoms with Gasteiger partial charge in [-0.25, -0.2) is 4.79 Å². The summed E-state index contributed by atoms with van der Waals surface area (Å²) in [5.74, 6) is -0.471. The molecule has 0 aliphatic carbocycles. The zero-order chi connectivity index (χ0) is 8.27. The molecule has 1 rings (SSSR count). The van der Waals surface area contributed by atoms with E-state index in [1.165, 1.54) is 0 Å². The molecule has 0 aromatic heterocycles. The molecule has 1 atom stereocenters. The highest BCUT2D eigenvalue weighted by molar-refractivity contribution is 5.89. The molecule has 1 unspecified atom stereocenters. The van der Waals surface area contributed by atoms with Crippen LogP contribution in [0.15, 0.2) is 0 Å². The fourth-order valence-electron chi connectivity index (χ4n) is 0.905. The summed E-state index contributed by atoms with van der Waals surface area (Å²) in [6.45, 7) is 2.09. The van der Waals surface area contributed by atoms with Crippen LogP contribution < -0.4 is 0 Å². The first-order chi connectivity index (χ1) is 5.24. The van der Waals surface area contributed by atoms with Crippen molar-refractivity contribution in [1.82, 2.24) is 0 Å². The molecule has 0 aromatic rings. The first kappa shape index (κ1) is 8.20. The molecule has 4 nitrogen and oxygen atoms in total. The second-order valence-corrected chi connectivity index (χ2v) is 2.29. The molecule has 1 fully saturated rings. The first-order valence-corrected chi connectivity index (χ1v) is 3.54. The van der Waals surface area contributed by atoms with Gasteiger partial charge in [0.25, 0.3) is 0 Å². The van der Waals surface area contributed by atoms with E-state index in [-0.39, 0.29) is 18.8 Å². The molecule has 0 spiro atoms. The average Bonchev–Trinajstić information content (AvgIpc) is 2.36. The van der Waals surface area contributed by atoms with E-state index < -0.39 is 12.1 Å². The van der Waals surface area contributed by atoms with Crippen molar-refractivity contribution in [3.63, 3.8) is 0 Å². The first-order valence-electron chi connectivity index (χ1n) is 3.54. The molecule has 0 radical (unpaired) electrons. The maximum atomic E-state index is 10.9. The normalized spacial score (nSPS) is 23.7. The van der Waals surface area contributed by atoms with Gasteiger partial charge < -0.3 is 9.47 Å². The van der Waals surface area contributed by atoms with Crippen molar-refractivity contribution >= 4 is 11.8 Å². The molecule has 1 saturated heterocycles. The highest BCUT2D eigenvalue weighted by atomic mass is 16.6. The lowest BCUT2D eigenvalue weighted by Gasteiger charge is -2.05. The number of esters is 1. The van der Waals surface area contributed by atoms with Crippen LogP contribution in [0.3, 0.4) is 0 Å². The van der Waals surface area contributed by atoms with E-state index >= 15 is 0 Å². The summed E-state index contributed by atoms with van der Waals surface area (Å²) in [5.41, 5.74) is 0. The topological polar surface area (TPSA) is 52.6 Å². The smallest absolute Gasteiger partial charge is 0.335 e. The average molecular weight is 158 g/mol. The zero-order valence-electron chi connectivity index (χ0n) is 6.33. The number of hydrogen-bond acceptors (Lipinski definition) is 4. The summed E-state index contributed by atoms with van der Waals surface area (Å²) in [6.07, 6.45) is -0.485. The molecule has 1 aliphatic heterocycles. The van der Waals surface area contributed by atoms with Gasteiger partial charge in [-0.05, 0) is 6.92 Å². The summed E-state index contributed by atoms with van der Waals surface area (Å²) in [6, 6.07) is 0. The van der Waals surface area contributed by atoms with Crippen LogP contribution in [0, 0.1) is 0 Å². The van der Waals surface area contributed by atoms with Crippen LogP contribution in [0.5, 0.6) is 0 Å². The minimum absolute atomic E-state index is 0.0388. The molecular weight excluding hydrogens is 148 g/mol. The van der Waals surface area contributed by atoms with Gasteiger partial charge in [0.05, 0.1) is 6.61 Å². The van der Waals surface area contributed by atoms with Crippen molar-refractivity contribution in [2.45, 2.75) is 19.4 Å². The molecule has 0 N–H and O–H groups in total. The fraction of sp³-hybridized carbons (Fsp3) is 0.714. The lowest BCUT2D eigenvalue weighted by Crippen LogP contribution is -2.22. The lowest BCUT2D eigenvalue weighted by molar-refractivity contribution is -0.153. The van der Waals surface area contributed by atoms with Gasteiger partial charge in [-0.1, -0.05) is 0 Å². The third-order valence-electron chi connectivity index (χ3n) is 1.41. The number of ketones is 1.